The van der Waals surface area contributed by atoms with E-state index in [1.54, 1.807) is 0 Å². The van der Waals surface area contributed by atoms with E-state index >= 15 is 0 Å². The van der Waals surface area contributed by atoms with Crippen molar-refractivity contribution < 1.29 is 0 Å². The molecular formula is C21H33N3. The van der Waals surface area contributed by atoms with Crippen LogP contribution in [0, 0.1) is 11.8 Å². The number of fused-ring (bicyclic) bond motifs is 1. The minimum absolute atomic E-state index is 0.580. The van der Waals surface area contributed by atoms with Crippen molar-refractivity contribution in [3.63, 3.8) is 0 Å². The summed E-state index contributed by atoms with van der Waals surface area (Å²) in [6, 6.07) is 9.63. The molecular weight excluding hydrogens is 294 g/mol. The van der Waals surface area contributed by atoms with Gasteiger partial charge in [-0.1, -0.05) is 44.2 Å². The summed E-state index contributed by atoms with van der Waals surface area (Å²) in [5.74, 6) is 2.04. The highest BCUT2D eigenvalue weighted by molar-refractivity contribution is 5.65. The third-order valence-corrected chi connectivity index (χ3v) is 6.86. The lowest BCUT2D eigenvalue weighted by Crippen LogP contribution is -2.51. The van der Waals surface area contributed by atoms with Gasteiger partial charge >= 0.3 is 0 Å². The highest BCUT2D eigenvalue weighted by Gasteiger charge is 2.38. The molecule has 3 atom stereocenters. The lowest BCUT2D eigenvalue weighted by Gasteiger charge is -2.48. The number of benzene rings is 1. The summed E-state index contributed by atoms with van der Waals surface area (Å²) in [4.78, 5) is 2.84. The summed E-state index contributed by atoms with van der Waals surface area (Å²) in [6.45, 7) is 2.52. The lowest BCUT2D eigenvalue weighted by atomic mass is 9.67. The van der Waals surface area contributed by atoms with Crippen LogP contribution in [0.3, 0.4) is 0 Å². The number of nitrogens with one attached hydrogen (secondary N) is 1. The highest BCUT2D eigenvalue weighted by atomic mass is 15.2. The summed E-state index contributed by atoms with van der Waals surface area (Å²) in [6.07, 6.45) is 12.9. The SMILES string of the molecule is Nc1ccccc1NC1CCN([C@@H]2CCC[C@H]3CCCC[C@H]32)CC1. The van der Waals surface area contributed by atoms with Crippen LogP contribution >= 0.6 is 0 Å². The normalized spacial score (nSPS) is 32.2. The Kier molecular flexibility index (Phi) is 4.98. The maximum Gasteiger partial charge on any atom is 0.0576 e. The molecule has 2 aliphatic carbocycles. The predicted molar refractivity (Wildman–Crippen MR) is 102 cm³/mol. The van der Waals surface area contributed by atoms with Gasteiger partial charge in [-0.05, 0) is 49.7 Å². The lowest BCUT2D eigenvalue weighted by molar-refractivity contribution is 0.0285. The molecule has 3 fully saturated rings. The molecule has 0 radical (unpaired) electrons. The van der Waals surface area contributed by atoms with Gasteiger partial charge in [-0.3, -0.25) is 4.90 Å². The van der Waals surface area contributed by atoms with Gasteiger partial charge in [0.2, 0.25) is 0 Å². The standard InChI is InChI=1S/C21H33N3/c22-19-9-3-4-10-20(19)23-17-12-14-24(15-13-17)21-11-5-7-16-6-1-2-8-18(16)21/h3-4,9-10,16-18,21,23H,1-2,5-8,11-15,22H2/t16-,18-,21-/m1/s1. The number of hydrogen-bond donors (Lipinski definition) is 2. The average molecular weight is 328 g/mol. The number of rotatable bonds is 3. The van der Waals surface area contributed by atoms with Gasteiger partial charge in [0, 0.05) is 25.2 Å². The van der Waals surface area contributed by atoms with Crippen molar-refractivity contribution in [2.75, 3.05) is 24.1 Å². The molecule has 1 aromatic rings. The van der Waals surface area contributed by atoms with Gasteiger partial charge in [-0.25, -0.2) is 0 Å². The van der Waals surface area contributed by atoms with Crippen LogP contribution in [0.1, 0.15) is 57.8 Å². The van der Waals surface area contributed by atoms with Crippen LogP contribution in [0.5, 0.6) is 0 Å². The number of para-hydroxylation sites is 2. The molecule has 0 bridgehead atoms. The van der Waals surface area contributed by atoms with Crippen LogP contribution in [0.2, 0.25) is 0 Å². The van der Waals surface area contributed by atoms with Crippen LogP contribution in [0.15, 0.2) is 24.3 Å². The summed E-state index contributed by atoms with van der Waals surface area (Å²) < 4.78 is 0. The zero-order valence-electron chi connectivity index (χ0n) is 14.9. The van der Waals surface area contributed by atoms with Crippen LogP contribution in [0.25, 0.3) is 0 Å². The number of piperidine rings is 1. The summed E-state index contributed by atoms with van der Waals surface area (Å²) in [7, 11) is 0. The van der Waals surface area contributed by atoms with Crippen LogP contribution < -0.4 is 11.1 Å². The second-order valence-electron chi connectivity index (χ2n) is 8.25. The monoisotopic (exact) mass is 327 g/mol. The molecule has 1 aliphatic heterocycles. The fourth-order valence-electron chi connectivity index (χ4n) is 5.58. The average Bonchev–Trinajstić information content (AvgIpc) is 2.64. The van der Waals surface area contributed by atoms with E-state index in [9.17, 15) is 0 Å². The number of anilines is 2. The number of nitrogen functional groups attached to an aromatic ring is 1. The fourth-order valence-corrected chi connectivity index (χ4v) is 5.58. The second kappa shape index (κ2) is 7.35. The van der Waals surface area contributed by atoms with E-state index in [0.717, 1.165) is 29.3 Å². The number of nitrogens with two attached hydrogens (primary N) is 1. The van der Waals surface area contributed by atoms with Crippen molar-refractivity contribution in [2.24, 2.45) is 11.8 Å². The van der Waals surface area contributed by atoms with E-state index in [4.69, 9.17) is 5.73 Å². The van der Waals surface area contributed by atoms with Crippen molar-refractivity contribution in [3.8, 4) is 0 Å². The third-order valence-electron chi connectivity index (χ3n) is 6.86. The van der Waals surface area contributed by atoms with E-state index in [2.05, 4.69) is 22.3 Å². The first-order valence-electron chi connectivity index (χ1n) is 10.2. The van der Waals surface area contributed by atoms with Crippen LogP contribution in [0.4, 0.5) is 11.4 Å². The van der Waals surface area contributed by atoms with Gasteiger partial charge in [-0.2, -0.15) is 0 Å². The van der Waals surface area contributed by atoms with E-state index in [0.29, 0.717) is 6.04 Å². The van der Waals surface area contributed by atoms with E-state index in [1.165, 1.54) is 70.9 Å². The van der Waals surface area contributed by atoms with Crippen LogP contribution in [-0.4, -0.2) is 30.1 Å². The molecule has 1 saturated heterocycles. The minimum Gasteiger partial charge on any atom is -0.397 e. The summed E-state index contributed by atoms with van der Waals surface area (Å²) >= 11 is 0. The molecule has 3 nitrogen and oxygen atoms in total. The quantitative estimate of drug-likeness (QED) is 0.803. The van der Waals surface area contributed by atoms with Crippen molar-refractivity contribution in [1.29, 1.82) is 0 Å². The molecule has 0 unspecified atom stereocenters. The molecule has 1 heterocycles. The Morgan fingerprint density at radius 3 is 2.46 bits per heavy atom. The molecule has 24 heavy (non-hydrogen) atoms. The molecule has 0 spiro atoms. The molecule has 3 N–H and O–H groups in total. The van der Waals surface area contributed by atoms with Gasteiger partial charge in [0.1, 0.15) is 0 Å². The minimum atomic E-state index is 0.580. The first-order valence-corrected chi connectivity index (χ1v) is 10.2. The van der Waals surface area contributed by atoms with Crippen molar-refractivity contribution >= 4 is 11.4 Å². The van der Waals surface area contributed by atoms with E-state index in [1.807, 2.05) is 12.1 Å². The Bertz CT molecular complexity index is 534. The summed E-state index contributed by atoms with van der Waals surface area (Å²) in [5, 5.41) is 3.68. The Hall–Kier alpha value is -1.22. The summed E-state index contributed by atoms with van der Waals surface area (Å²) in [5.41, 5.74) is 8.07. The first kappa shape index (κ1) is 16.3. The smallest absolute Gasteiger partial charge is 0.0576 e. The van der Waals surface area contributed by atoms with Gasteiger partial charge in [0.15, 0.2) is 0 Å². The maximum atomic E-state index is 6.08. The van der Waals surface area contributed by atoms with E-state index < -0.39 is 0 Å². The molecule has 4 rings (SSSR count). The van der Waals surface area contributed by atoms with Crippen molar-refractivity contribution in [1.82, 2.24) is 4.90 Å². The Labute approximate surface area is 147 Å². The van der Waals surface area contributed by atoms with Gasteiger partial charge in [-0.15, -0.1) is 0 Å². The zero-order chi connectivity index (χ0) is 16.4. The predicted octanol–water partition coefficient (Wildman–Crippen LogP) is 4.50. The Morgan fingerprint density at radius 2 is 1.62 bits per heavy atom. The topological polar surface area (TPSA) is 41.3 Å². The van der Waals surface area contributed by atoms with Crippen molar-refractivity contribution in [2.45, 2.75) is 69.9 Å². The van der Waals surface area contributed by atoms with E-state index in [-0.39, 0.29) is 0 Å². The largest absolute Gasteiger partial charge is 0.397 e. The number of nitrogens with zero attached hydrogens (tertiary/aromatic N) is 1. The number of hydrogen-bond acceptors (Lipinski definition) is 3. The fraction of sp³-hybridized carbons (Fsp3) is 0.714. The van der Waals surface area contributed by atoms with Gasteiger partial charge < -0.3 is 11.1 Å². The molecule has 1 aromatic carbocycles. The Morgan fingerprint density at radius 1 is 0.875 bits per heavy atom. The molecule has 3 aliphatic rings. The van der Waals surface area contributed by atoms with Gasteiger partial charge in [0.05, 0.1) is 11.4 Å². The molecule has 132 valence electrons. The zero-order valence-corrected chi connectivity index (χ0v) is 14.9. The second-order valence-corrected chi connectivity index (χ2v) is 8.25. The van der Waals surface area contributed by atoms with Crippen LogP contribution in [-0.2, 0) is 0 Å². The number of likely N-dealkylation sites (tertiary alicyclic amines) is 1. The maximum absolute atomic E-state index is 6.08. The van der Waals surface area contributed by atoms with Crippen molar-refractivity contribution in [3.05, 3.63) is 24.3 Å². The molecule has 0 amide bonds. The molecule has 2 saturated carbocycles. The molecule has 0 aromatic heterocycles. The Balaban J connectivity index is 1.33. The molecule has 3 heteroatoms. The first-order chi connectivity index (χ1) is 11.8. The third kappa shape index (κ3) is 3.42. The highest BCUT2D eigenvalue weighted by Crippen LogP contribution is 2.43. The van der Waals surface area contributed by atoms with Gasteiger partial charge in [0.25, 0.3) is 0 Å².